The van der Waals surface area contributed by atoms with Gasteiger partial charge in [-0.3, -0.25) is 9.69 Å². The number of allylic oxidation sites excluding steroid dienone is 2. The number of carboxylic acid groups (broad SMARTS) is 1. The van der Waals surface area contributed by atoms with Crippen molar-refractivity contribution in [3.63, 3.8) is 0 Å². The first kappa shape index (κ1) is 27.4. The maximum Gasteiger partial charge on any atom is 0.303 e. The van der Waals surface area contributed by atoms with Crippen LogP contribution in [0, 0.1) is 12.7 Å². The molecular formula is C27H36F3NO4. The van der Waals surface area contributed by atoms with Gasteiger partial charge in [-0.2, -0.15) is 0 Å². The Morgan fingerprint density at radius 2 is 2.00 bits per heavy atom. The van der Waals surface area contributed by atoms with Gasteiger partial charge in [-0.1, -0.05) is 19.1 Å². The SMILES string of the molecule is CCC(OCC(O)CN1CCC[C@H]1Cc1ccc(C)c(F)c1)C1=CC(F)C(F)C=C1CCC(=O)O. The summed E-state index contributed by atoms with van der Waals surface area (Å²) in [6, 6.07) is 5.50. The molecule has 0 saturated carbocycles. The molecule has 8 heteroatoms. The van der Waals surface area contributed by atoms with Gasteiger partial charge >= 0.3 is 5.97 Å². The number of benzene rings is 1. The van der Waals surface area contributed by atoms with E-state index in [1.807, 2.05) is 13.0 Å². The number of hydrogen-bond acceptors (Lipinski definition) is 4. The minimum absolute atomic E-state index is 0.0143. The van der Waals surface area contributed by atoms with Gasteiger partial charge in [0.2, 0.25) is 0 Å². The Labute approximate surface area is 205 Å². The minimum Gasteiger partial charge on any atom is -0.481 e. The number of aliphatic carboxylic acids is 1. The van der Waals surface area contributed by atoms with Crippen molar-refractivity contribution >= 4 is 5.97 Å². The highest BCUT2D eigenvalue weighted by molar-refractivity contribution is 5.67. The topological polar surface area (TPSA) is 70.0 Å². The summed E-state index contributed by atoms with van der Waals surface area (Å²) in [5.41, 5.74) is 2.45. The van der Waals surface area contributed by atoms with E-state index >= 15 is 0 Å². The second kappa shape index (κ2) is 12.7. The maximum absolute atomic E-state index is 14.1. The molecule has 0 spiro atoms. The van der Waals surface area contributed by atoms with E-state index < -0.39 is 30.5 Å². The monoisotopic (exact) mass is 495 g/mol. The summed E-state index contributed by atoms with van der Waals surface area (Å²) in [5, 5.41) is 19.7. The second-order valence-corrected chi connectivity index (χ2v) is 9.56. The van der Waals surface area contributed by atoms with Crippen molar-refractivity contribution in [2.75, 3.05) is 19.7 Å². The van der Waals surface area contributed by atoms with Crippen LogP contribution in [-0.2, 0) is 16.0 Å². The Balaban J connectivity index is 1.57. The van der Waals surface area contributed by atoms with Crippen molar-refractivity contribution in [1.29, 1.82) is 0 Å². The van der Waals surface area contributed by atoms with Crippen LogP contribution in [0.5, 0.6) is 0 Å². The van der Waals surface area contributed by atoms with E-state index in [0.717, 1.165) is 31.0 Å². The number of aryl methyl sites for hydroxylation is 1. The summed E-state index contributed by atoms with van der Waals surface area (Å²) in [6.45, 7) is 4.83. The minimum atomic E-state index is -1.81. The number of ether oxygens (including phenoxy) is 1. The largest absolute Gasteiger partial charge is 0.481 e. The zero-order valence-electron chi connectivity index (χ0n) is 20.4. The highest BCUT2D eigenvalue weighted by atomic mass is 19.2. The number of carboxylic acids is 1. The van der Waals surface area contributed by atoms with Crippen molar-refractivity contribution < 1.29 is 32.9 Å². The van der Waals surface area contributed by atoms with Gasteiger partial charge in [0.25, 0.3) is 0 Å². The highest BCUT2D eigenvalue weighted by Gasteiger charge is 2.30. The number of β-amino-alcohol motifs (C(OH)–C–C–N with tert-alkyl or cyclic N) is 1. The number of aliphatic hydroxyl groups excluding tert-OH is 1. The summed E-state index contributed by atoms with van der Waals surface area (Å²) >= 11 is 0. The molecule has 1 aliphatic heterocycles. The number of halogens is 3. The fourth-order valence-corrected chi connectivity index (χ4v) is 4.91. The first-order valence-corrected chi connectivity index (χ1v) is 12.4. The molecule has 4 unspecified atom stereocenters. The zero-order valence-corrected chi connectivity index (χ0v) is 20.4. The molecule has 1 aromatic carbocycles. The lowest BCUT2D eigenvalue weighted by atomic mass is 9.88. The molecule has 3 rings (SSSR count). The lowest BCUT2D eigenvalue weighted by molar-refractivity contribution is -0.136. The standard InChI is InChI=1S/C27H36F3NO4/c1-3-26(22-14-25(30)24(29)13-19(22)8-9-27(33)34)35-16-21(32)15-31-10-4-5-20(31)11-18-7-6-17(2)23(28)12-18/h6-7,12-14,20-21,24-26,32H,3-5,8-11,15-16H2,1-2H3,(H,33,34)/t20-,21?,24?,25?,26?/m0/s1. The molecule has 0 radical (unpaired) electrons. The van der Waals surface area contributed by atoms with Crippen LogP contribution in [0.4, 0.5) is 13.2 Å². The molecule has 0 aromatic heterocycles. The van der Waals surface area contributed by atoms with Gasteiger partial charge in [0, 0.05) is 19.0 Å². The third-order valence-electron chi connectivity index (χ3n) is 6.84. The molecule has 1 heterocycles. The number of alkyl halides is 2. The Morgan fingerprint density at radius 1 is 1.26 bits per heavy atom. The van der Waals surface area contributed by atoms with Gasteiger partial charge in [0.1, 0.15) is 5.82 Å². The number of aliphatic hydroxyl groups is 1. The van der Waals surface area contributed by atoms with E-state index in [1.165, 1.54) is 6.08 Å². The summed E-state index contributed by atoms with van der Waals surface area (Å²) in [7, 11) is 0. The van der Waals surface area contributed by atoms with E-state index in [2.05, 4.69) is 4.90 Å². The summed E-state index contributed by atoms with van der Waals surface area (Å²) in [5.74, 6) is -1.23. The Bertz CT molecular complexity index is 935. The van der Waals surface area contributed by atoms with Gasteiger partial charge < -0.3 is 14.9 Å². The first-order chi connectivity index (χ1) is 16.7. The molecule has 2 N–H and O–H groups in total. The summed E-state index contributed by atoms with van der Waals surface area (Å²) < 4.78 is 47.9. The van der Waals surface area contributed by atoms with Gasteiger partial charge in [-0.05, 0) is 86.1 Å². The number of likely N-dealkylation sites (tertiary alicyclic amines) is 1. The summed E-state index contributed by atoms with van der Waals surface area (Å²) in [6.07, 6.45) is 0.396. The van der Waals surface area contributed by atoms with Crippen LogP contribution in [-0.4, -0.2) is 71.4 Å². The molecule has 1 aliphatic carbocycles. The lowest BCUT2D eigenvalue weighted by Gasteiger charge is -2.30. The first-order valence-electron chi connectivity index (χ1n) is 12.4. The number of hydrogen-bond donors (Lipinski definition) is 2. The van der Waals surface area contributed by atoms with Crippen LogP contribution in [0.1, 0.15) is 50.2 Å². The predicted octanol–water partition coefficient (Wildman–Crippen LogP) is 4.70. The third-order valence-corrected chi connectivity index (χ3v) is 6.84. The number of rotatable bonds is 12. The van der Waals surface area contributed by atoms with Crippen molar-refractivity contribution in [1.82, 2.24) is 4.90 Å². The van der Waals surface area contributed by atoms with Crippen LogP contribution in [0.15, 0.2) is 41.5 Å². The van der Waals surface area contributed by atoms with E-state index in [1.54, 1.807) is 19.1 Å². The van der Waals surface area contributed by atoms with E-state index in [0.29, 0.717) is 36.1 Å². The average molecular weight is 496 g/mol. The van der Waals surface area contributed by atoms with Crippen molar-refractivity contribution in [2.24, 2.45) is 0 Å². The Hall–Kier alpha value is -2.16. The molecule has 5 nitrogen and oxygen atoms in total. The number of nitrogens with zero attached hydrogens (tertiary/aromatic N) is 1. The maximum atomic E-state index is 14.1. The quantitative estimate of drug-likeness (QED) is 0.440. The van der Waals surface area contributed by atoms with Gasteiger partial charge in [-0.25, -0.2) is 13.2 Å². The van der Waals surface area contributed by atoms with E-state index in [9.17, 15) is 23.1 Å². The Morgan fingerprint density at radius 3 is 2.69 bits per heavy atom. The molecule has 5 atom stereocenters. The van der Waals surface area contributed by atoms with Gasteiger partial charge in [0.15, 0.2) is 12.3 Å². The molecule has 0 bridgehead atoms. The molecule has 1 aromatic rings. The number of carbonyl (C=O) groups is 1. The predicted molar refractivity (Wildman–Crippen MR) is 128 cm³/mol. The molecule has 35 heavy (non-hydrogen) atoms. The van der Waals surface area contributed by atoms with Crippen LogP contribution < -0.4 is 0 Å². The zero-order chi connectivity index (χ0) is 25.5. The second-order valence-electron chi connectivity index (χ2n) is 9.56. The van der Waals surface area contributed by atoms with E-state index in [-0.39, 0.29) is 31.3 Å². The molecule has 1 saturated heterocycles. The normalized spacial score (nSPS) is 24.7. The van der Waals surface area contributed by atoms with Crippen LogP contribution in [0.2, 0.25) is 0 Å². The van der Waals surface area contributed by atoms with Crippen LogP contribution in [0.25, 0.3) is 0 Å². The molecule has 194 valence electrons. The molecule has 0 amide bonds. The van der Waals surface area contributed by atoms with Crippen LogP contribution in [0.3, 0.4) is 0 Å². The smallest absolute Gasteiger partial charge is 0.303 e. The van der Waals surface area contributed by atoms with Crippen molar-refractivity contribution in [2.45, 2.75) is 83.0 Å². The van der Waals surface area contributed by atoms with Gasteiger partial charge in [0.05, 0.1) is 18.8 Å². The van der Waals surface area contributed by atoms with E-state index in [4.69, 9.17) is 9.84 Å². The average Bonchev–Trinajstić information content (AvgIpc) is 3.23. The van der Waals surface area contributed by atoms with Gasteiger partial charge in [-0.15, -0.1) is 0 Å². The highest BCUT2D eigenvalue weighted by Crippen LogP contribution is 2.31. The molecule has 1 fully saturated rings. The third kappa shape index (κ3) is 7.66. The fraction of sp³-hybridized carbons (Fsp3) is 0.593. The van der Waals surface area contributed by atoms with Crippen LogP contribution >= 0.6 is 0 Å². The Kier molecular flexibility index (Phi) is 9.95. The van der Waals surface area contributed by atoms with Crippen molar-refractivity contribution in [3.05, 3.63) is 58.4 Å². The lowest BCUT2D eigenvalue weighted by Crippen LogP contribution is -2.40. The summed E-state index contributed by atoms with van der Waals surface area (Å²) in [4.78, 5) is 13.2. The van der Waals surface area contributed by atoms with Crippen molar-refractivity contribution in [3.8, 4) is 0 Å². The fourth-order valence-electron chi connectivity index (χ4n) is 4.91. The molecular weight excluding hydrogens is 459 g/mol. The molecule has 2 aliphatic rings.